The van der Waals surface area contributed by atoms with Crippen LogP contribution in [0.15, 0.2) is 52.0 Å². The zero-order valence-electron chi connectivity index (χ0n) is 15.3. The molecule has 0 fully saturated rings. The zero-order valence-corrected chi connectivity index (χ0v) is 15.3. The number of rotatable bonds is 4. The number of hydrogen-bond donors (Lipinski definition) is 0. The van der Waals surface area contributed by atoms with Crippen LogP contribution in [-0.2, 0) is 6.54 Å². The van der Waals surface area contributed by atoms with Gasteiger partial charge in [-0.05, 0) is 32.0 Å². The first-order chi connectivity index (χ1) is 13.1. The molecule has 4 rings (SSSR count). The van der Waals surface area contributed by atoms with E-state index < -0.39 is 0 Å². The second kappa shape index (κ2) is 6.68. The molecule has 4 aromatic rings. The summed E-state index contributed by atoms with van der Waals surface area (Å²) in [6, 6.07) is 9.35. The monoisotopic (exact) mass is 362 g/mol. The molecule has 0 aliphatic rings. The first-order valence-corrected chi connectivity index (χ1v) is 8.49. The molecule has 0 saturated carbocycles. The number of ether oxygens (including phenoxy) is 1. The lowest BCUT2D eigenvalue weighted by molar-refractivity contribution is 0.393. The van der Waals surface area contributed by atoms with E-state index in [9.17, 15) is 4.79 Å². The summed E-state index contributed by atoms with van der Waals surface area (Å²) in [5.41, 5.74) is 4.43. The van der Waals surface area contributed by atoms with Crippen molar-refractivity contribution < 1.29 is 9.26 Å². The third kappa shape index (κ3) is 2.97. The lowest BCUT2D eigenvalue weighted by Gasteiger charge is -2.14. The average Bonchev–Trinajstić information content (AvgIpc) is 3.02. The van der Waals surface area contributed by atoms with Crippen LogP contribution >= 0.6 is 0 Å². The molecule has 3 aromatic heterocycles. The highest BCUT2D eigenvalue weighted by Crippen LogP contribution is 2.36. The van der Waals surface area contributed by atoms with Gasteiger partial charge in [-0.25, -0.2) is 4.98 Å². The maximum atomic E-state index is 12.5. The summed E-state index contributed by atoms with van der Waals surface area (Å²) in [6.07, 6.45) is 3.04. The van der Waals surface area contributed by atoms with Gasteiger partial charge in [0.05, 0.1) is 47.8 Å². The average molecular weight is 362 g/mol. The Morgan fingerprint density at radius 3 is 2.70 bits per heavy atom. The molecule has 0 aliphatic heterocycles. The Morgan fingerprint density at radius 2 is 2.04 bits per heavy atom. The van der Waals surface area contributed by atoms with Crippen LogP contribution in [0.4, 0.5) is 0 Å². The maximum Gasteiger partial charge on any atom is 0.269 e. The molecule has 3 heterocycles. The van der Waals surface area contributed by atoms with Crippen molar-refractivity contribution in [2.75, 3.05) is 7.11 Å². The van der Waals surface area contributed by atoms with Crippen LogP contribution in [0.1, 0.15) is 17.1 Å². The van der Waals surface area contributed by atoms with Gasteiger partial charge in [-0.2, -0.15) is 0 Å². The van der Waals surface area contributed by atoms with Crippen molar-refractivity contribution in [1.29, 1.82) is 0 Å². The standard InChI is InChI=1S/C20H18N4O3/c1-12-20(13(2)27-23-12)15-8-16-17(9-18(15)26-3)24(19(25)10-22-16)11-14-6-4-5-7-21-14/h4-10H,11H2,1-3H3. The number of benzene rings is 1. The van der Waals surface area contributed by atoms with E-state index in [1.807, 2.05) is 44.2 Å². The number of hydrogen-bond acceptors (Lipinski definition) is 6. The van der Waals surface area contributed by atoms with E-state index in [0.717, 1.165) is 22.5 Å². The van der Waals surface area contributed by atoms with Gasteiger partial charge in [0, 0.05) is 17.8 Å². The predicted molar refractivity (Wildman–Crippen MR) is 101 cm³/mol. The van der Waals surface area contributed by atoms with Crippen molar-refractivity contribution in [3.8, 4) is 16.9 Å². The SMILES string of the molecule is COc1cc2c(cc1-c1c(C)noc1C)ncc(=O)n2Cc1ccccn1. The zero-order chi connectivity index (χ0) is 19.0. The molecule has 0 spiro atoms. The highest BCUT2D eigenvalue weighted by atomic mass is 16.5. The molecule has 0 aliphatic carbocycles. The van der Waals surface area contributed by atoms with Gasteiger partial charge >= 0.3 is 0 Å². The Balaban J connectivity index is 1.94. The second-order valence-electron chi connectivity index (χ2n) is 6.24. The Labute approximate surface area is 155 Å². The largest absolute Gasteiger partial charge is 0.496 e. The highest BCUT2D eigenvalue weighted by molar-refractivity contribution is 5.87. The van der Waals surface area contributed by atoms with Gasteiger partial charge < -0.3 is 9.26 Å². The van der Waals surface area contributed by atoms with Gasteiger partial charge in [0.2, 0.25) is 0 Å². The minimum Gasteiger partial charge on any atom is -0.496 e. The van der Waals surface area contributed by atoms with Crippen molar-refractivity contribution in [2.24, 2.45) is 0 Å². The molecular weight excluding hydrogens is 344 g/mol. The number of pyridine rings is 1. The number of nitrogens with zero attached hydrogens (tertiary/aromatic N) is 4. The van der Waals surface area contributed by atoms with Gasteiger partial charge in [0.15, 0.2) is 0 Å². The normalized spacial score (nSPS) is 11.1. The molecular formula is C20H18N4O3. The molecule has 7 heteroatoms. The van der Waals surface area contributed by atoms with Crippen LogP contribution in [0.5, 0.6) is 5.75 Å². The third-order valence-electron chi connectivity index (χ3n) is 4.52. The van der Waals surface area contributed by atoms with E-state index in [2.05, 4.69) is 15.1 Å². The summed E-state index contributed by atoms with van der Waals surface area (Å²) in [4.78, 5) is 21.1. The lowest BCUT2D eigenvalue weighted by Crippen LogP contribution is -2.21. The first-order valence-electron chi connectivity index (χ1n) is 8.49. The van der Waals surface area contributed by atoms with E-state index in [-0.39, 0.29) is 5.56 Å². The van der Waals surface area contributed by atoms with Crippen molar-refractivity contribution in [1.82, 2.24) is 19.7 Å². The fourth-order valence-electron chi connectivity index (χ4n) is 3.24. The molecule has 1 aromatic carbocycles. The third-order valence-corrected chi connectivity index (χ3v) is 4.52. The minimum absolute atomic E-state index is 0.194. The Bertz CT molecular complexity index is 1160. The van der Waals surface area contributed by atoms with Crippen molar-refractivity contribution >= 4 is 11.0 Å². The molecule has 0 amide bonds. The smallest absolute Gasteiger partial charge is 0.269 e. The predicted octanol–water partition coefficient (Wildman–Crippen LogP) is 3.12. The molecule has 0 unspecified atom stereocenters. The van der Waals surface area contributed by atoms with Crippen LogP contribution in [-0.4, -0.2) is 26.8 Å². The Morgan fingerprint density at radius 1 is 1.19 bits per heavy atom. The summed E-state index contributed by atoms with van der Waals surface area (Å²) >= 11 is 0. The van der Waals surface area contributed by atoms with Crippen LogP contribution in [0.3, 0.4) is 0 Å². The summed E-state index contributed by atoms with van der Waals surface area (Å²) in [7, 11) is 1.60. The summed E-state index contributed by atoms with van der Waals surface area (Å²) in [5.74, 6) is 1.33. The molecule has 0 bridgehead atoms. The van der Waals surface area contributed by atoms with Gasteiger partial charge in [0.1, 0.15) is 11.5 Å². The fraction of sp³-hybridized carbons (Fsp3) is 0.200. The summed E-state index contributed by atoms with van der Waals surface area (Å²) < 4.78 is 12.5. The van der Waals surface area contributed by atoms with Gasteiger partial charge in [0.25, 0.3) is 5.56 Å². The van der Waals surface area contributed by atoms with Gasteiger partial charge in [-0.1, -0.05) is 11.2 Å². The first kappa shape index (κ1) is 17.0. The van der Waals surface area contributed by atoms with Gasteiger partial charge in [-0.3, -0.25) is 14.3 Å². The molecule has 0 atom stereocenters. The molecule has 7 nitrogen and oxygen atoms in total. The van der Waals surface area contributed by atoms with E-state index in [0.29, 0.717) is 29.1 Å². The van der Waals surface area contributed by atoms with Crippen molar-refractivity contribution in [2.45, 2.75) is 20.4 Å². The van der Waals surface area contributed by atoms with Crippen LogP contribution in [0, 0.1) is 13.8 Å². The number of fused-ring (bicyclic) bond motifs is 1. The number of aryl methyl sites for hydroxylation is 2. The summed E-state index contributed by atoms with van der Waals surface area (Å²) in [6.45, 7) is 4.09. The van der Waals surface area contributed by atoms with E-state index >= 15 is 0 Å². The molecule has 0 N–H and O–H groups in total. The molecule has 0 radical (unpaired) electrons. The number of methoxy groups -OCH3 is 1. The molecule has 136 valence electrons. The Hall–Kier alpha value is -3.48. The van der Waals surface area contributed by atoms with Gasteiger partial charge in [-0.15, -0.1) is 0 Å². The number of aromatic nitrogens is 4. The fourth-order valence-corrected chi connectivity index (χ4v) is 3.24. The highest BCUT2D eigenvalue weighted by Gasteiger charge is 2.18. The van der Waals surface area contributed by atoms with Crippen LogP contribution < -0.4 is 10.3 Å². The van der Waals surface area contributed by atoms with Crippen molar-refractivity contribution in [3.05, 3.63) is 70.2 Å². The Kier molecular flexibility index (Phi) is 4.19. The quantitative estimate of drug-likeness (QED) is 0.555. The molecule has 0 saturated heterocycles. The van der Waals surface area contributed by atoms with Crippen molar-refractivity contribution in [3.63, 3.8) is 0 Å². The minimum atomic E-state index is -0.194. The second-order valence-corrected chi connectivity index (χ2v) is 6.24. The molecule has 27 heavy (non-hydrogen) atoms. The topological polar surface area (TPSA) is 83.0 Å². The summed E-state index contributed by atoms with van der Waals surface area (Å²) in [5, 5.41) is 4.02. The van der Waals surface area contributed by atoms with E-state index in [4.69, 9.17) is 9.26 Å². The van der Waals surface area contributed by atoms with E-state index in [1.54, 1.807) is 17.9 Å². The van der Waals surface area contributed by atoms with E-state index in [1.165, 1.54) is 6.20 Å². The lowest BCUT2D eigenvalue weighted by atomic mass is 10.0. The van der Waals surface area contributed by atoms with Crippen LogP contribution in [0.2, 0.25) is 0 Å². The maximum absolute atomic E-state index is 12.5. The van der Waals surface area contributed by atoms with Crippen LogP contribution in [0.25, 0.3) is 22.2 Å².